The van der Waals surface area contributed by atoms with E-state index in [-0.39, 0.29) is 5.92 Å². The van der Waals surface area contributed by atoms with E-state index in [9.17, 15) is 0 Å². The molecule has 6 aromatic rings. The monoisotopic (exact) mass is 434 g/mol. The minimum absolute atomic E-state index is 0.0657. The zero-order valence-corrected chi connectivity index (χ0v) is 17.8. The predicted molar refractivity (Wildman–Crippen MR) is 126 cm³/mol. The molecule has 0 atom stereocenters. The van der Waals surface area contributed by atoms with Crippen molar-refractivity contribution in [3.63, 3.8) is 0 Å². The molecular formula is C25H18N6S. The first kappa shape index (κ1) is 18.7. The Labute approximate surface area is 188 Å². The summed E-state index contributed by atoms with van der Waals surface area (Å²) in [7, 11) is 0. The molecule has 0 spiro atoms. The maximum atomic E-state index is 4.86. The number of aromatic amines is 1. The molecule has 0 radical (unpaired) electrons. The van der Waals surface area contributed by atoms with Crippen LogP contribution in [0.5, 0.6) is 0 Å². The normalized spacial score (nSPS) is 11.4. The Morgan fingerprint density at radius 1 is 0.750 bits per heavy atom. The Hall–Kier alpha value is -4.10. The van der Waals surface area contributed by atoms with Crippen molar-refractivity contribution in [1.29, 1.82) is 0 Å². The molecule has 0 aliphatic heterocycles. The third-order valence-electron chi connectivity index (χ3n) is 5.42. The number of hydrogen-bond acceptors (Lipinski definition) is 5. The summed E-state index contributed by atoms with van der Waals surface area (Å²) in [4.78, 5) is 0.753. The molecule has 154 valence electrons. The van der Waals surface area contributed by atoms with Crippen LogP contribution in [0.15, 0.2) is 97.1 Å². The molecule has 3 aromatic carbocycles. The maximum Gasteiger partial charge on any atom is 0.235 e. The average molecular weight is 435 g/mol. The van der Waals surface area contributed by atoms with Gasteiger partial charge in [-0.25, -0.2) is 0 Å². The summed E-state index contributed by atoms with van der Waals surface area (Å²) in [5.41, 5.74) is 5.11. The molecular weight excluding hydrogens is 416 g/mol. The highest BCUT2D eigenvalue weighted by Gasteiger charge is 2.25. The summed E-state index contributed by atoms with van der Waals surface area (Å²) in [5, 5.41) is 22.2. The molecule has 6 nitrogen and oxygen atoms in total. The molecule has 6 rings (SSSR count). The molecule has 3 aromatic heterocycles. The molecule has 0 saturated carbocycles. The van der Waals surface area contributed by atoms with Crippen LogP contribution >= 0.6 is 11.3 Å². The van der Waals surface area contributed by atoms with Gasteiger partial charge in [-0.15, -0.1) is 10.2 Å². The van der Waals surface area contributed by atoms with E-state index >= 15 is 0 Å². The van der Waals surface area contributed by atoms with Gasteiger partial charge in [0.2, 0.25) is 4.96 Å². The van der Waals surface area contributed by atoms with Crippen molar-refractivity contribution < 1.29 is 0 Å². The van der Waals surface area contributed by atoms with Crippen LogP contribution in [0.1, 0.15) is 22.9 Å². The van der Waals surface area contributed by atoms with E-state index in [4.69, 9.17) is 5.10 Å². The van der Waals surface area contributed by atoms with E-state index in [1.807, 2.05) is 77.3 Å². The van der Waals surface area contributed by atoms with Gasteiger partial charge in [0.25, 0.3) is 0 Å². The van der Waals surface area contributed by atoms with Gasteiger partial charge in [-0.1, -0.05) is 102 Å². The minimum Gasteiger partial charge on any atom is -0.275 e. The Balaban J connectivity index is 1.44. The highest BCUT2D eigenvalue weighted by molar-refractivity contribution is 7.19. The lowest BCUT2D eigenvalue weighted by molar-refractivity contribution is 0.785. The van der Waals surface area contributed by atoms with Crippen LogP contribution in [-0.4, -0.2) is 30.0 Å². The van der Waals surface area contributed by atoms with Crippen LogP contribution in [0.3, 0.4) is 0 Å². The molecule has 0 fully saturated rings. The van der Waals surface area contributed by atoms with Gasteiger partial charge in [-0.2, -0.15) is 14.7 Å². The third-order valence-corrected chi connectivity index (χ3v) is 6.35. The number of rotatable bonds is 5. The van der Waals surface area contributed by atoms with Gasteiger partial charge in [0.1, 0.15) is 0 Å². The van der Waals surface area contributed by atoms with Crippen molar-refractivity contribution in [1.82, 2.24) is 30.0 Å². The molecule has 0 aliphatic rings. The summed E-state index contributed by atoms with van der Waals surface area (Å²) < 4.78 is 1.85. The molecule has 32 heavy (non-hydrogen) atoms. The number of nitrogens with zero attached hydrogens (tertiary/aromatic N) is 5. The molecule has 0 amide bonds. The van der Waals surface area contributed by atoms with Crippen LogP contribution in [-0.2, 0) is 0 Å². The molecule has 7 heteroatoms. The molecule has 0 bridgehead atoms. The van der Waals surface area contributed by atoms with Crippen molar-refractivity contribution in [3.05, 3.63) is 114 Å². The van der Waals surface area contributed by atoms with Crippen molar-refractivity contribution in [2.75, 3.05) is 0 Å². The summed E-state index contributed by atoms with van der Waals surface area (Å²) in [5.74, 6) is 0.728. The van der Waals surface area contributed by atoms with Gasteiger partial charge in [-0.3, -0.25) is 5.10 Å². The van der Waals surface area contributed by atoms with Crippen molar-refractivity contribution in [2.45, 2.75) is 5.92 Å². The average Bonchev–Trinajstić information content (AvgIpc) is 3.58. The number of nitrogens with one attached hydrogen (secondary N) is 1. The smallest absolute Gasteiger partial charge is 0.235 e. The third kappa shape index (κ3) is 3.29. The van der Waals surface area contributed by atoms with Crippen LogP contribution in [0.25, 0.3) is 26.9 Å². The summed E-state index contributed by atoms with van der Waals surface area (Å²) in [6.07, 6.45) is 0. The largest absolute Gasteiger partial charge is 0.275 e. The fourth-order valence-corrected chi connectivity index (χ4v) is 4.70. The first-order valence-electron chi connectivity index (χ1n) is 10.3. The van der Waals surface area contributed by atoms with Gasteiger partial charge in [0.05, 0.1) is 17.3 Å². The highest BCUT2D eigenvalue weighted by atomic mass is 32.1. The molecule has 1 N–H and O–H groups in total. The van der Waals surface area contributed by atoms with Gasteiger partial charge >= 0.3 is 0 Å². The van der Waals surface area contributed by atoms with Crippen LogP contribution in [0, 0.1) is 0 Å². The van der Waals surface area contributed by atoms with E-state index < -0.39 is 0 Å². The second kappa shape index (κ2) is 7.86. The second-order valence-electron chi connectivity index (χ2n) is 7.45. The Bertz CT molecular complexity index is 1430. The van der Waals surface area contributed by atoms with Crippen LogP contribution < -0.4 is 0 Å². The lowest BCUT2D eigenvalue weighted by Crippen LogP contribution is -2.08. The van der Waals surface area contributed by atoms with E-state index in [2.05, 4.69) is 44.7 Å². The maximum absolute atomic E-state index is 4.86. The van der Waals surface area contributed by atoms with E-state index in [0.717, 1.165) is 43.9 Å². The summed E-state index contributed by atoms with van der Waals surface area (Å²) in [6, 6.07) is 32.8. The quantitative estimate of drug-likeness (QED) is 0.393. The first-order chi connectivity index (χ1) is 15.9. The van der Waals surface area contributed by atoms with Crippen molar-refractivity contribution >= 4 is 16.3 Å². The fraction of sp³-hybridized carbons (Fsp3) is 0.0400. The molecule has 0 saturated heterocycles. The van der Waals surface area contributed by atoms with Crippen LogP contribution in [0.4, 0.5) is 0 Å². The minimum atomic E-state index is -0.0657. The Morgan fingerprint density at radius 3 is 2.03 bits per heavy atom. The number of benzene rings is 3. The van der Waals surface area contributed by atoms with Gasteiger partial charge in [-0.05, 0) is 17.2 Å². The van der Waals surface area contributed by atoms with Crippen molar-refractivity contribution in [2.24, 2.45) is 0 Å². The first-order valence-corrected chi connectivity index (χ1v) is 11.1. The Kier molecular flexibility index (Phi) is 4.58. The Morgan fingerprint density at radius 2 is 1.38 bits per heavy atom. The van der Waals surface area contributed by atoms with E-state index in [0.29, 0.717) is 0 Å². The summed E-state index contributed by atoms with van der Waals surface area (Å²) >= 11 is 1.49. The highest BCUT2D eigenvalue weighted by Crippen LogP contribution is 2.33. The van der Waals surface area contributed by atoms with Crippen molar-refractivity contribution in [3.8, 4) is 22.0 Å². The summed E-state index contributed by atoms with van der Waals surface area (Å²) in [6.45, 7) is 0. The standard InChI is InChI=1S/C25H18N6S/c1-4-10-17(11-5-1)20-16-21(27-26-20)24-30-31-23(28-29-25(31)32-24)22(18-12-6-2-7-13-18)19-14-8-3-9-15-19/h1-16,22H,(H,26,27). The lowest BCUT2D eigenvalue weighted by atomic mass is 9.91. The number of aromatic nitrogens is 6. The predicted octanol–water partition coefficient (Wildman–Crippen LogP) is 5.42. The lowest BCUT2D eigenvalue weighted by Gasteiger charge is -2.15. The second-order valence-corrected chi connectivity index (χ2v) is 8.40. The van der Waals surface area contributed by atoms with Crippen LogP contribution in [0.2, 0.25) is 0 Å². The van der Waals surface area contributed by atoms with E-state index in [1.165, 1.54) is 11.3 Å². The topological polar surface area (TPSA) is 71.8 Å². The van der Waals surface area contributed by atoms with Gasteiger partial charge in [0, 0.05) is 5.56 Å². The molecule has 0 aliphatic carbocycles. The number of hydrogen-bond donors (Lipinski definition) is 1. The number of fused-ring (bicyclic) bond motifs is 1. The molecule has 3 heterocycles. The van der Waals surface area contributed by atoms with Gasteiger partial charge < -0.3 is 0 Å². The zero-order valence-electron chi connectivity index (χ0n) is 17.0. The number of H-pyrrole nitrogens is 1. The molecule has 0 unspecified atom stereocenters. The fourth-order valence-electron chi connectivity index (χ4n) is 3.89. The zero-order chi connectivity index (χ0) is 21.3. The van der Waals surface area contributed by atoms with E-state index in [1.54, 1.807) is 0 Å². The van der Waals surface area contributed by atoms with Gasteiger partial charge in [0.15, 0.2) is 10.8 Å². The SMILES string of the molecule is c1ccc(-c2cc(-c3nn4c(C(c5ccccc5)c5ccccc5)nnc4s3)[nH]n2)cc1.